The van der Waals surface area contributed by atoms with Crippen molar-refractivity contribution in [2.24, 2.45) is 0 Å². The number of hydrogen-bond donors (Lipinski definition) is 1. The van der Waals surface area contributed by atoms with E-state index in [-0.39, 0.29) is 18.3 Å². The Morgan fingerprint density at radius 1 is 1.23 bits per heavy atom. The summed E-state index contributed by atoms with van der Waals surface area (Å²) in [6.07, 6.45) is 0. The van der Waals surface area contributed by atoms with Crippen molar-refractivity contribution in [3.05, 3.63) is 34.7 Å². The number of ketones is 1. The highest BCUT2D eigenvalue weighted by Crippen LogP contribution is 2.26. The van der Waals surface area contributed by atoms with Crippen LogP contribution in [0.1, 0.15) is 42.9 Å². The lowest BCUT2D eigenvalue weighted by Crippen LogP contribution is -2.31. The minimum atomic E-state index is -0.461. The van der Waals surface area contributed by atoms with Crippen molar-refractivity contribution in [1.29, 1.82) is 0 Å². The smallest absolute Gasteiger partial charge is 0.320 e. The normalized spacial score (nSPS) is 11.6. The van der Waals surface area contributed by atoms with Crippen LogP contribution < -0.4 is 5.32 Å². The third-order valence-corrected chi connectivity index (χ3v) is 4.16. The number of rotatable bonds is 5. The summed E-state index contributed by atoms with van der Waals surface area (Å²) in [5.41, 5.74) is 0.612. The van der Waals surface area contributed by atoms with E-state index in [1.807, 2.05) is 45.0 Å². The molecule has 1 heterocycles. The third-order valence-electron chi connectivity index (χ3n) is 2.95. The van der Waals surface area contributed by atoms with Gasteiger partial charge in [-0.15, -0.1) is 11.3 Å². The molecular weight excluding hydrogens is 298 g/mol. The fraction of sp³-hybridized carbons (Fsp3) is 0.412. The average Bonchev–Trinajstić information content (AvgIpc) is 2.79. The summed E-state index contributed by atoms with van der Waals surface area (Å²) in [4.78, 5) is 23.8. The predicted molar refractivity (Wildman–Crippen MR) is 89.4 cm³/mol. The van der Waals surface area contributed by atoms with Gasteiger partial charge in [-0.1, -0.05) is 6.07 Å². The molecule has 0 radical (unpaired) electrons. The minimum Gasteiger partial charge on any atom is -0.459 e. The number of thiophene rings is 1. The van der Waals surface area contributed by atoms with Gasteiger partial charge in [0.1, 0.15) is 5.60 Å². The number of fused-ring (bicyclic) bond motifs is 1. The van der Waals surface area contributed by atoms with E-state index in [9.17, 15) is 9.59 Å². The summed E-state index contributed by atoms with van der Waals surface area (Å²) in [6.45, 7) is 7.89. The SMILES string of the molecule is CC(=O)c1cc2cc(CNCC(=O)OC(C)(C)C)ccc2s1. The molecular formula is C17H21NO3S. The van der Waals surface area contributed by atoms with Gasteiger partial charge in [-0.2, -0.15) is 0 Å². The molecule has 0 unspecified atom stereocenters. The first-order valence-corrected chi connectivity index (χ1v) is 8.02. The van der Waals surface area contributed by atoms with E-state index in [0.29, 0.717) is 6.54 Å². The van der Waals surface area contributed by atoms with Gasteiger partial charge in [0.15, 0.2) is 5.78 Å². The lowest BCUT2D eigenvalue weighted by atomic mass is 10.1. The number of hydrogen-bond acceptors (Lipinski definition) is 5. The maximum Gasteiger partial charge on any atom is 0.320 e. The van der Waals surface area contributed by atoms with E-state index < -0.39 is 5.60 Å². The molecule has 0 aliphatic heterocycles. The summed E-state index contributed by atoms with van der Waals surface area (Å²) in [6, 6.07) is 7.97. The average molecular weight is 319 g/mol. The molecule has 1 N–H and O–H groups in total. The van der Waals surface area contributed by atoms with Gasteiger partial charge >= 0.3 is 5.97 Å². The number of benzene rings is 1. The van der Waals surface area contributed by atoms with Crippen LogP contribution in [-0.4, -0.2) is 23.9 Å². The highest BCUT2D eigenvalue weighted by Gasteiger charge is 2.15. The number of ether oxygens (including phenoxy) is 1. The molecule has 0 fully saturated rings. The van der Waals surface area contributed by atoms with Crippen molar-refractivity contribution < 1.29 is 14.3 Å². The van der Waals surface area contributed by atoms with Crippen molar-refractivity contribution in [2.75, 3.05) is 6.54 Å². The van der Waals surface area contributed by atoms with Crippen LogP contribution >= 0.6 is 11.3 Å². The molecule has 0 aliphatic carbocycles. The fourth-order valence-corrected chi connectivity index (χ4v) is 3.00. The summed E-state index contributed by atoms with van der Waals surface area (Å²) >= 11 is 1.51. The van der Waals surface area contributed by atoms with Crippen LogP contribution in [-0.2, 0) is 16.1 Å². The first-order valence-electron chi connectivity index (χ1n) is 7.20. The number of carbonyl (C=O) groups excluding carboxylic acids is 2. The van der Waals surface area contributed by atoms with Crippen molar-refractivity contribution in [3.8, 4) is 0 Å². The van der Waals surface area contributed by atoms with Crippen LogP contribution in [0.3, 0.4) is 0 Å². The molecule has 1 aromatic heterocycles. The third kappa shape index (κ3) is 4.64. The zero-order valence-electron chi connectivity index (χ0n) is 13.4. The molecule has 0 saturated heterocycles. The summed E-state index contributed by atoms with van der Waals surface area (Å²) in [5, 5.41) is 4.14. The van der Waals surface area contributed by atoms with Gasteiger partial charge in [-0.3, -0.25) is 9.59 Å². The van der Waals surface area contributed by atoms with Gasteiger partial charge < -0.3 is 10.1 Å². The predicted octanol–water partition coefficient (Wildman–Crippen LogP) is 3.54. The molecule has 118 valence electrons. The van der Waals surface area contributed by atoms with E-state index in [1.165, 1.54) is 11.3 Å². The molecule has 4 nitrogen and oxygen atoms in total. The Balaban J connectivity index is 1.95. The first kappa shape index (κ1) is 16.6. The molecule has 2 aromatic rings. The lowest BCUT2D eigenvalue weighted by Gasteiger charge is -2.19. The van der Waals surface area contributed by atoms with Crippen LogP contribution in [0.2, 0.25) is 0 Å². The zero-order chi connectivity index (χ0) is 16.3. The Labute approximate surface area is 134 Å². The van der Waals surface area contributed by atoms with E-state index in [2.05, 4.69) is 5.32 Å². The molecule has 22 heavy (non-hydrogen) atoms. The van der Waals surface area contributed by atoms with Gasteiger partial charge in [0.25, 0.3) is 0 Å². The number of Topliss-reactive ketones (excluding diaryl/α,β-unsaturated/α-hetero) is 1. The van der Waals surface area contributed by atoms with Gasteiger partial charge in [0.05, 0.1) is 11.4 Å². The van der Waals surface area contributed by atoms with Crippen molar-refractivity contribution in [3.63, 3.8) is 0 Å². The number of nitrogens with one attached hydrogen (secondary N) is 1. The summed E-state index contributed by atoms with van der Waals surface area (Å²) < 4.78 is 6.34. The fourth-order valence-electron chi connectivity index (χ4n) is 2.06. The molecule has 0 saturated carbocycles. The van der Waals surface area contributed by atoms with E-state index in [1.54, 1.807) is 6.92 Å². The second-order valence-corrected chi connectivity index (χ2v) is 7.31. The van der Waals surface area contributed by atoms with Crippen molar-refractivity contribution in [2.45, 2.75) is 39.8 Å². The molecule has 5 heteroatoms. The number of carbonyl (C=O) groups is 2. The van der Waals surface area contributed by atoms with Crippen molar-refractivity contribution in [1.82, 2.24) is 5.32 Å². The Morgan fingerprint density at radius 2 is 1.95 bits per heavy atom. The molecule has 1 aromatic carbocycles. The van der Waals surface area contributed by atoms with Gasteiger partial charge in [0.2, 0.25) is 0 Å². The molecule has 0 amide bonds. The monoisotopic (exact) mass is 319 g/mol. The highest BCUT2D eigenvalue weighted by atomic mass is 32.1. The maximum atomic E-state index is 11.6. The van der Waals surface area contributed by atoms with Crippen LogP contribution in [0.15, 0.2) is 24.3 Å². The van der Waals surface area contributed by atoms with E-state index in [4.69, 9.17) is 4.74 Å². The van der Waals surface area contributed by atoms with Crippen LogP contribution in [0, 0.1) is 0 Å². The molecule has 0 atom stereocenters. The number of esters is 1. The van der Waals surface area contributed by atoms with Crippen LogP contribution in [0.5, 0.6) is 0 Å². The van der Waals surface area contributed by atoms with Crippen molar-refractivity contribution >= 4 is 33.2 Å². The maximum absolute atomic E-state index is 11.6. The first-order chi connectivity index (χ1) is 10.2. The summed E-state index contributed by atoms with van der Waals surface area (Å²) in [5.74, 6) is -0.172. The van der Waals surface area contributed by atoms with E-state index >= 15 is 0 Å². The molecule has 2 rings (SSSR count). The Bertz CT molecular complexity index is 697. The second kappa shape index (κ2) is 6.58. The standard InChI is InChI=1S/C17H21NO3S/c1-11(19)15-8-13-7-12(5-6-14(13)22-15)9-18-10-16(20)21-17(2,3)4/h5-8,18H,9-10H2,1-4H3. The molecule has 0 spiro atoms. The Kier molecular flexibility index (Phi) is 4.98. The quantitative estimate of drug-likeness (QED) is 0.676. The Morgan fingerprint density at radius 3 is 2.59 bits per heavy atom. The highest BCUT2D eigenvalue weighted by molar-refractivity contribution is 7.20. The lowest BCUT2D eigenvalue weighted by molar-refractivity contribution is -0.153. The zero-order valence-corrected chi connectivity index (χ0v) is 14.2. The largest absolute Gasteiger partial charge is 0.459 e. The Hall–Kier alpha value is -1.72. The molecule has 0 aliphatic rings. The topological polar surface area (TPSA) is 55.4 Å². The molecule has 0 bridgehead atoms. The van der Waals surface area contributed by atoms with Crippen LogP contribution in [0.4, 0.5) is 0 Å². The van der Waals surface area contributed by atoms with Crippen LogP contribution in [0.25, 0.3) is 10.1 Å². The second-order valence-electron chi connectivity index (χ2n) is 6.23. The minimum absolute atomic E-state index is 0.0887. The van der Waals surface area contributed by atoms with E-state index in [0.717, 1.165) is 20.5 Å². The van der Waals surface area contributed by atoms with Gasteiger partial charge in [0, 0.05) is 11.2 Å². The van der Waals surface area contributed by atoms with Gasteiger partial charge in [-0.25, -0.2) is 0 Å². The summed E-state index contributed by atoms with van der Waals surface area (Å²) in [7, 11) is 0. The van der Waals surface area contributed by atoms with Gasteiger partial charge in [-0.05, 0) is 56.8 Å².